The number of fused-ring (bicyclic) bond motifs is 3. The van der Waals surface area contributed by atoms with Gasteiger partial charge in [0.1, 0.15) is 9.53 Å². The van der Waals surface area contributed by atoms with Crippen molar-refractivity contribution in [3.63, 3.8) is 0 Å². The van der Waals surface area contributed by atoms with Gasteiger partial charge in [-0.1, -0.05) is 0 Å². The van der Waals surface area contributed by atoms with Gasteiger partial charge < -0.3 is 10.2 Å². The number of nitrogens with one attached hydrogen (secondary N) is 1. The molecule has 3 aromatic rings. The van der Waals surface area contributed by atoms with E-state index < -0.39 is 0 Å². The summed E-state index contributed by atoms with van der Waals surface area (Å²) in [4.78, 5) is 24.9. The molecule has 0 spiro atoms. The minimum atomic E-state index is 0.0645. The maximum absolute atomic E-state index is 13.0. The zero-order valence-electron chi connectivity index (χ0n) is 13.2. The lowest BCUT2D eigenvalue weighted by Crippen LogP contribution is -2.34. The van der Waals surface area contributed by atoms with Crippen LogP contribution in [0.15, 0.2) is 23.4 Å². The van der Waals surface area contributed by atoms with Crippen molar-refractivity contribution in [2.45, 2.75) is 18.9 Å². The fourth-order valence-electron chi connectivity index (χ4n) is 3.27. The minimum Gasteiger partial charge on any atom is -0.377 e. The molecular weight excluding hydrogens is 310 g/mol. The van der Waals surface area contributed by atoms with Crippen LogP contribution < -0.4 is 15.8 Å². The fourth-order valence-corrected chi connectivity index (χ4v) is 4.32. The van der Waals surface area contributed by atoms with Crippen LogP contribution in [-0.2, 0) is 0 Å². The number of aromatic nitrogens is 3. The van der Waals surface area contributed by atoms with Crippen molar-refractivity contribution in [3.05, 3.63) is 28.9 Å². The molecule has 4 rings (SSSR count). The van der Waals surface area contributed by atoms with Gasteiger partial charge in [-0.2, -0.15) is 0 Å². The van der Waals surface area contributed by atoms with E-state index in [1.807, 2.05) is 29.6 Å². The number of rotatable bonds is 2. The van der Waals surface area contributed by atoms with Gasteiger partial charge in [0.15, 0.2) is 0 Å². The largest absolute Gasteiger partial charge is 0.377 e. The molecule has 3 aromatic heterocycles. The number of anilines is 1. The number of pyridine rings is 1. The highest BCUT2D eigenvalue weighted by atomic mass is 32.1. The summed E-state index contributed by atoms with van der Waals surface area (Å²) in [5.41, 5.74) is 1.89. The van der Waals surface area contributed by atoms with Crippen molar-refractivity contribution in [2.24, 2.45) is 0 Å². The Morgan fingerprint density at radius 3 is 2.83 bits per heavy atom. The predicted octanol–water partition coefficient (Wildman–Crippen LogP) is 2.00. The molecule has 120 valence electrons. The van der Waals surface area contributed by atoms with Gasteiger partial charge >= 0.3 is 0 Å². The zero-order chi connectivity index (χ0) is 16.0. The average molecular weight is 329 g/mol. The van der Waals surface area contributed by atoms with E-state index >= 15 is 0 Å². The molecule has 0 aliphatic carbocycles. The SMILES string of the molecule is CN(C)c1ccnc2sc3c(=O)n(C4CCNCC4)cnc3c12. The van der Waals surface area contributed by atoms with Gasteiger partial charge in [0.2, 0.25) is 0 Å². The van der Waals surface area contributed by atoms with Gasteiger partial charge in [0.25, 0.3) is 5.56 Å². The Hall–Kier alpha value is -1.99. The smallest absolute Gasteiger partial charge is 0.271 e. The molecule has 23 heavy (non-hydrogen) atoms. The standard InChI is InChI=1S/C16H19N5OS/c1-20(2)11-5-8-18-15-12(11)13-14(23-15)16(22)21(9-19-13)10-3-6-17-7-4-10/h5,8-10,17H,3-4,6-7H2,1-2H3. The first kappa shape index (κ1) is 14.6. The maximum atomic E-state index is 13.0. The Balaban J connectivity index is 1.96. The predicted molar refractivity (Wildman–Crippen MR) is 94.6 cm³/mol. The second-order valence-corrected chi connectivity index (χ2v) is 7.12. The third-order valence-electron chi connectivity index (χ3n) is 4.47. The van der Waals surface area contributed by atoms with Gasteiger partial charge in [-0.15, -0.1) is 11.3 Å². The maximum Gasteiger partial charge on any atom is 0.271 e. The molecule has 6 nitrogen and oxygen atoms in total. The highest BCUT2D eigenvalue weighted by Gasteiger charge is 2.20. The van der Waals surface area contributed by atoms with E-state index in [9.17, 15) is 4.79 Å². The number of piperidine rings is 1. The van der Waals surface area contributed by atoms with Crippen molar-refractivity contribution in [3.8, 4) is 0 Å². The summed E-state index contributed by atoms with van der Waals surface area (Å²) in [5.74, 6) is 0. The van der Waals surface area contributed by atoms with Crippen LogP contribution in [-0.4, -0.2) is 41.7 Å². The molecule has 0 unspecified atom stereocenters. The number of thiophene rings is 1. The Morgan fingerprint density at radius 2 is 2.09 bits per heavy atom. The molecule has 1 fully saturated rings. The molecule has 0 aromatic carbocycles. The molecule has 0 bridgehead atoms. The molecule has 0 saturated carbocycles. The van der Waals surface area contributed by atoms with Crippen LogP contribution in [0.25, 0.3) is 20.4 Å². The van der Waals surface area contributed by atoms with E-state index in [-0.39, 0.29) is 11.6 Å². The number of hydrogen-bond acceptors (Lipinski definition) is 6. The monoisotopic (exact) mass is 329 g/mol. The lowest BCUT2D eigenvalue weighted by Gasteiger charge is -2.24. The lowest BCUT2D eigenvalue weighted by atomic mass is 10.1. The van der Waals surface area contributed by atoms with Crippen molar-refractivity contribution in [2.75, 3.05) is 32.1 Å². The van der Waals surface area contributed by atoms with Gasteiger partial charge in [-0.05, 0) is 32.0 Å². The van der Waals surface area contributed by atoms with Gasteiger partial charge in [-0.3, -0.25) is 9.36 Å². The molecule has 0 atom stereocenters. The third-order valence-corrected chi connectivity index (χ3v) is 5.54. The molecule has 0 radical (unpaired) electrons. The van der Waals surface area contributed by atoms with Gasteiger partial charge in [0, 0.05) is 26.3 Å². The van der Waals surface area contributed by atoms with Crippen molar-refractivity contribution in [1.82, 2.24) is 19.9 Å². The molecule has 0 amide bonds. The summed E-state index contributed by atoms with van der Waals surface area (Å²) in [7, 11) is 3.99. The fraction of sp³-hybridized carbons (Fsp3) is 0.438. The van der Waals surface area contributed by atoms with Crippen LogP contribution in [0.5, 0.6) is 0 Å². The third kappa shape index (κ3) is 2.31. The summed E-state index contributed by atoms with van der Waals surface area (Å²) in [6, 6.07) is 2.21. The normalized spacial score (nSPS) is 16.3. The first-order valence-corrected chi connectivity index (χ1v) is 8.65. The lowest BCUT2D eigenvalue weighted by molar-refractivity contribution is 0.359. The summed E-state index contributed by atoms with van der Waals surface area (Å²) in [6.07, 6.45) is 5.45. The van der Waals surface area contributed by atoms with E-state index in [1.165, 1.54) is 11.3 Å². The van der Waals surface area contributed by atoms with Crippen LogP contribution in [0.4, 0.5) is 5.69 Å². The van der Waals surface area contributed by atoms with Crippen molar-refractivity contribution < 1.29 is 0 Å². The second-order valence-electron chi connectivity index (χ2n) is 6.12. The van der Waals surface area contributed by atoms with Gasteiger partial charge in [0.05, 0.1) is 22.9 Å². The van der Waals surface area contributed by atoms with Crippen molar-refractivity contribution in [1.29, 1.82) is 0 Å². The van der Waals surface area contributed by atoms with Crippen LogP contribution in [0.2, 0.25) is 0 Å². The molecular formula is C16H19N5OS. The molecule has 1 saturated heterocycles. The minimum absolute atomic E-state index is 0.0645. The van der Waals surface area contributed by atoms with Crippen molar-refractivity contribution >= 4 is 37.5 Å². The van der Waals surface area contributed by atoms with E-state index in [0.29, 0.717) is 4.70 Å². The molecule has 1 N–H and O–H groups in total. The zero-order valence-corrected chi connectivity index (χ0v) is 14.1. The molecule has 1 aliphatic heterocycles. The number of nitrogens with zero attached hydrogens (tertiary/aromatic N) is 4. The first-order valence-electron chi connectivity index (χ1n) is 7.83. The van der Waals surface area contributed by atoms with E-state index in [2.05, 4.69) is 15.3 Å². The molecule has 7 heteroatoms. The topological polar surface area (TPSA) is 63.1 Å². The summed E-state index contributed by atoms with van der Waals surface area (Å²) < 4.78 is 2.52. The molecule has 4 heterocycles. The van der Waals surface area contributed by atoms with Crippen LogP contribution in [0.3, 0.4) is 0 Å². The summed E-state index contributed by atoms with van der Waals surface area (Å²) in [6.45, 7) is 1.90. The quantitative estimate of drug-likeness (QED) is 0.779. The van der Waals surface area contributed by atoms with Crippen LogP contribution >= 0.6 is 11.3 Å². The Kier molecular flexibility index (Phi) is 3.54. The number of hydrogen-bond donors (Lipinski definition) is 1. The highest BCUT2D eigenvalue weighted by Crippen LogP contribution is 2.35. The Bertz CT molecular complexity index is 923. The first-order chi connectivity index (χ1) is 11.2. The van der Waals surface area contributed by atoms with E-state index in [0.717, 1.165) is 47.4 Å². The molecule has 1 aliphatic rings. The van der Waals surface area contributed by atoms with Crippen LogP contribution in [0.1, 0.15) is 18.9 Å². The summed E-state index contributed by atoms with van der Waals surface area (Å²) >= 11 is 1.45. The Morgan fingerprint density at radius 1 is 1.30 bits per heavy atom. The van der Waals surface area contributed by atoms with Crippen LogP contribution in [0, 0.1) is 0 Å². The Labute approximate surface area is 137 Å². The second kappa shape index (κ2) is 5.58. The summed E-state index contributed by atoms with van der Waals surface area (Å²) in [5, 5.41) is 4.31. The van der Waals surface area contributed by atoms with Gasteiger partial charge in [-0.25, -0.2) is 9.97 Å². The average Bonchev–Trinajstić information content (AvgIpc) is 2.95. The van der Waals surface area contributed by atoms with E-state index in [1.54, 1.807) is 12.5 Å². The van der Waals surface area contributed by atoms with E-state index in [4.69, 9.17) is 0 Å². The highest BCUT2D eigenvalue weighted by molar-refractivity contribution is 7.25.